The predicted octanol–water partition coefficient (Wildman–Crippen LogP) is 0.807. The fraction of sp³-hybridized carbons (Fsp3) is 0.917. The SMILES string of the molecule is CCN(CCO)C(=O)NCC(C)(C)CC(C)O. The summed E-state index contributed by atoms with van der Waals surface area (Å²) in [6.45, 7) is 9.02. The standard InChI is InChI=1S/C12H26N2O3/c1-5-14(6-7-15)11(17)13-9-12(3,4)8-10(2)16/h10,15-16H,5-9H2,1-4H3,(H,13,17). The number of aliphatic hydroxyl groups is 2. The molecule has 0 aliphatic rings. The van der Waals surface area contributed by atoms with Gasteiger partial charge in [-0.05, 0) is 25.7 Å². The van der Waals surface area contributed by atoms with Crippen LogP contribution in [-0.4, -0.2) is 53.5 Å². The van der Waals surface area contributed by atoms with E-state index in [1.165, 1.54) is 0 Å². The van der Waals surface area contributed by atoms with Gasteiger partial charge in [-0.15, -0.1) is 0 Å². The Hall–Kier alpha value is -0.810. The summed E-state index contributed by atoms with van der Waals surface area (Å²) in [7, 11) is 0. The maximum absolute atomic E-state index is 11.7. The molecule has 1 unspecified atom stereocenters. The molecule has 5 nitrogen and oxygen atoms in total. The number of amides is 2. The lowest BCUT2D eigenvalue weighted by atomic mass is 9.87. The Kier molecular flexibility index (Phi) is 7.15. The fourth-order valence-corrected chi connectivity index (χ4v) is 1.82. The summed E-state index contributed by atoms with van der Waals surface area (Å²) in [6, 6.07) is -0.166. The molecule has 0 fully saturated rings. The molecule has 0 aromatic heterocycles. The molecule has 3 N–H and O–H groups in total. The van der Waals surface area contributed by atoms with Crippen LogP contribution in [0, 0.1) is 5.41 Å². The van der Waals surface area contributed by atoms with Crippen molar-refractivity contribution in [3.05, 3.63) is 0 Å². The van der Waals surface area contributed by atoms with Crippen LogP contribution >= 0.6 is 0 Å². The Morgan fingerprint density at radius 2 is 2.06 bits per heavy atom. The fourth-order valence-electron chi connectivity index (χ4n) is 1.82. The van der Waals surface area contributed by atoms with Crippen LogP contribution in [0.15, 0.2) is 0 Å². The Labute approximate surface area is 104 Å². The largest absolute Gasteiger partial charge is 0.395 e. The van der Waals surface area contributed by atoms with Crippen molar-refractivity contribution in [1.29, 1.82) is 0 Å². The molecule has 2 amide bonds. The normalized spacial score (nSPS) is 13.3. The Morgan fingerprint density at radius 3 is 2.47 bits per heavy atom. The molecule has 0 aromatic carbocycles. The second-order valence-corrected chi connectivity index (χ2v) is 5.18. The van der Waals surface area contributed by atoms with Crippen LogP contribution in [0.2, 0.25) is 0 Å². The lowest BCUT2D eigenvalue weighted by Crippen LogP contribution is -2.45. The highest BCUT2D eigenvalue weighted by Crippen LogP contribution is 2.21. The number of nitrogens with one attached hydrogen (secondary N) is 1. The summed E-state index contributed by atoms with van der Waals surface area (Å²) in [4.78, 5) is 13.3. The minimum atomic E-state index is -0.373. The van der Waals surface area contributed by atoms with Crippen molar-refractivity contribution < 1.29 is 15.0 Å². The highest BCUT2D eigenvalue weighted by atomic mass is 16.3. The molecule has 0 heterocycles. The van der Waals surface area contributed by atoms with Gasteiger partial charge in [-0.25, -0.2) is 4.79 Å². The first-order valence-electron chi connectivity index (χ1n) is 6.14. The van der Waals surface area contributed by atoms with Gasteiger partial charge in [0.1, 0.15) is 0 Å². The minimum Gasteiger partial charge on any atom is -0.395 e. The van der Waals surface area contributed by atoms with Crippen molar-refractivity contribution in [2.24, 2.45) is 5.41 Å². The van der Waals surface area contributed by atoms with Gasteiger partial charge >= 0.3 is 6.03 Å². The van der Waals surface area contributed by atoms with Gasteiger partial charge in [-0.1, -0.05) is 13.8 Å². The van der Waals surface area contributed by atoms with E-state index < -0.39 is 0 Å². The van der Waals surface area contributed by atoms with E-state index in [2.05, 4.69) is 5.32 Å². The summed E-state index contributed by atoms with van der Waals surface area (Å²) in [5.41, 5.74) is -0.136. The van der Waals surface area contributed by atoms with E-state index in [4.69, 9.17) is 5.11 Å². The third-order valence-corrected chi connectivity index (χ3v) is 2.61. The number of nitrogens with zero attached hydrogens (tertiary/aromatic N) is 1. The molecule has 17 heavy (non-hydrogen) atoms. The van der Waals surface area contributed by atoms with E-state index >= 15 is 0 Å². The number of carbonyl (C=O) groups excluding carboxylic acids is 1. The Morgan fingerprint density at radius 1 is 1.47 bits per heavy atom. The number of hydrogen-bond acceptors (Lipinski definition) is 3. The molecular formula is C12H26N2O3. The Balaban J connectivity index is 4.12. The van der Waals surface area contributed by atoms with Crippen LogP contribution in [0.25, 0.3) is 0 Å². The van der Waals surface area contributed by atoms with Crippen LogP contribution in [0.1, 0.15) is 34.1 Å². The van der Waals surface area contributed by atoms with Gasteiger partial charge in [0.2, 0.25) is 0 Å². The first-order chi connectivity index (χ1) is 7.82. The zero-order chi connectivity index (χ0) is 13.5. The predicted molar refractivity (Wildman–Crippen MR) is 67.8 cm³/mol. The zero-order valence-corrected chi connectivity index (χ0v) is 11.4. The van der Waals surface area contributed by atoms with Gasteiger partial charge in [0, 0.05) is 19.6 Å². The first-order valence-corrected chi connectivity index (χ1v) is 6.14. The van der Waals surface area contributed by atoms with Crippen molar-refractivity contribution >= 4 is 6.03 Å². The quantitative estimate of drug-likeness (QED) is 0.622. The van der Waals surface area contributed by atoms with Gasteiger partial charge in [0.25, 0.3) is 0 Å². The number of rotatable bonds is 7. The molecule has 0 bridgehead atoms. The summed E-state index contributed by atoms with van der Waals surface area (Å²) < 4.78 is 0. The second kappa shape index (κ2) is 7.50. The molecule has 102 valence electrons. The van der Waals surface area contributed by atoms with Crippen molar-refractivity contribution in [2.45, 2.75) is 40.2 Å². The summed E-state index contributed by atoms with van der Waals surface area (Å²) in [5.74, 6) is 0. The minimum absolute atomic E-state index is 0.0294. The van der Waals surface area contributed by atoms with Crippen LogP contribution in [0.4, 0.5) is 4.79 Å². The third kappa shape index (κ3) is 7.18. The summed E-state index contributed by atoms with van der Waals surface area (Å²) >= 11 is 0. The summed E-state index contributed by atoms with van der Waals surface area (Å²) in [6.07, 6.45) is 0.265. The molecule has 0 radical (unpaired) electrons. The number of carbonyl (C=O) groups is 1. The van der Waals surface area contributed by atoms with E-state index in [1.54, 1.807) is 11.8 Å². The van der Waals surface area contributed by atoms with Crippen LogP contribution in [0.5, 0.6) is 0 Å². The molecule has 0 saturated carbocycles. The lowest BCUT2D eigenvalue weighted by molar-refractivity contribution is 0.125. The molecule has 1 atom stereocenters. The van der Waals surface area contributed by atoms with Crippen molar-refractivity contribution in [1.82, 2.24) is 10.2 Å². The highest BCUT2D eigenvalue weighted by Gasteiger charge is 2.22. The average molecular weight is 246 g/mol. The number of hydrogen-bond donors (Lipinski definition) is 3. The Bertz CT molecular complexity index is 230. The van der Waals surface area contributed by atoms with Gasteiger partial charge < -0.3 is 20.4 Å². The number of urea groups is 1. The molecule has 0 spiro atoms. The van der Waals surface area contributed by atoms with Gasteiger partial charge in [0.15, 0.2) is 0 Å². The maximum Gasteiger partial charge on any atom is 0.317 e. The monoisotopic (exact) mass is 246 g/mol. The molecule has 0 aliphatic carbocycles. The van der Waals surface area contributed by atoms with Crippen LogP contribution in [-0.2, 0) is 0 Å². The maximum atomic E-state index is 11.7. The molecule has 5 heteroatoms. The van der Waals surface area contributed by atoms with E-state index in [0.29, 0.717) is 26.1 Å². The smallest absolute Gasteiger partial charge is 0.317 e. The average Bonchev–Trinajstić information content (AvgIpc) is 2.21. The molecule has 0 saturated heterocycles. The van der Waals surface area contributed by atoms with Gasteiger partial charge in [-0.2, -0.15) is 0 Å². The van der Waals surface area contributed by atoms with E-state index in [-0.39, 0.29) is 24.2 Å². The molecule has 0 aromatic rings. The van der Waals surface area contributed by atoms with E-state index in [9.17, 15) is 9.90 Å². The van der Waals surface area contributed by atoms with Crippen LogP contribution < -0.4 is 5.32 Å². The van der Waals surface area contributed by atoms with E-state index in [0.717, 1.165) is 0 Å². The summed E-state index contributed by atoms with van der Waals surface area (Å²) in [5, 5.41) is 21.0. The van der Waals surface area contributed by atoms with Gasteiger partial charge in [-0.3, -0.25) is 0 Å². The molecule has 0 aliphatic heterocycles. The van der Waals surface area contributed by atoms with Crippen LogP contribution in [0.3, 0.4) is 0 Å². The van der Waals surface area contributed by atoms with Crippen molar-refractivity contribution in [3.8, 4) is 0 Å². The van der Waals surface area contributed by atoms with Gasteiger partial charge in [0.05, 0.1) is 12.7 Å². The zero-order valence-electron chi connectivity index (χ0n) is 11.4. The number of likely N-dealkylation sites (N-methyl/N-ethyl adjacent to an activating group) is 1. The first kappa shape index (κ1) is 16.2. The second-order valence-electron chi connectivity index (χ2n) is 5.18. The van der Waals surface area contributed by atoms with Crippen molar-refractivity contribution in [2.75, 3.05) is 26.2 Å². The molecular weight excluding hydrogens is 220 g/mol. The third-order valence-electron chi connectivity index (χ3n) is 2.61. The lowest BCUT2D eigenvalue weighted by Gasteiger charge is -2.28. The van der Waals surface area contributed by atoms with E-state index in [1.807, 2.05) is 20.8 Å². The number of aliphatic hydroxyl groups excluding tert-OH is 2. The van der Waals surface area contributed by atoms with Crippen molar-refractivity contribution in [3.63, 3.8) is 0 Å². The molecule has 0 rings (SSSR count). The highest BCUT2D eigenvalue weighted by molar-refractivity contribution is 5.74. The topological polar surface area (TPSA) is 72.8 Å².